The van der Waals surface area contributed by atoms with Crippen LogP contribution in [0.3, 0.4) is 0 Å². The molecule has 1 saturated heterocycles. The van der Waals surface area contributed by atoms with Crippen molar-refractivity contribution in [3.8, 4) is 0 Å². The molecule has 0 aliphatic carbocycles. The summed E-state index contributed by atoms with van der Waals surface area (Å²) in [6, 6.07) is 10.9. The summed E-state index contributed by atoms with van der Waals surface area (Å²) >= 11 is 0. The largest absolute Gasteiger partial charge is 0.336 e. The Morgan fingerprint density at radius 1 is 1.17 bits per heavy atom. The van der Waals surface area contributed by atoms with Crippen molar-refractivity contribution < 1.29 is 18.1 Å². The van der Waals surface area contributed by atoms with E-state index in [1.165, 1.54) is 12.1 Å². The summed E-state index contributed by atoms with van der Waals surface area (Å²) in [5.74, 6) is -0.0944. The Kier molecular flexibility index (Phi) is 6.52. The molecule has 8 nitrogen and oxygen atoms in total. The normalized spacial score (nSPS) is 16.6. The molecule has 1 unspecified atom stereocenters. The van der Waals surface area contributed by atoms with Crippen LogP contribution in [0, 0.1) is 24.0 Å². The monoisotopic (exact) mass is 431 g/mol. The Balaban J connectivity index is 1.61. The van der Waals surface area contributed by atoms with Crippen LogP contribution >= 0.6 is 0 Å². The number of non-ortho nitro benzene ring substituents is 1. The summed E-state index contributed by atoms with van der Waals surface area (Å²) in [6.45, 7) is 4.69. The number of hydrogen-bond acceptors (Lipinski definition) is 5. The van der Waals surface area contributed by atoms with E-state index in [1.54, 1.807) is 0 Å². The molecule has 1 atom stereocenters. The summed E-state index contributed by atoms with van der Waals surface area (Å²) < 4.78 is 27.1. The number of nitro benzene ring substituents is 1. The van der Waals surface area contributed by atoms with E-state index in [9.17, 15) is 23.3 Å². The number of benzene rings is 2. The van der Waals surface area contributed by atoms with E-state index in [4.69, 9.17) is 0 Å². The van der Waals surface area contributed by atoms with Crippen molar-refractivity contribution in [2.75, 3.05) is 13.1 Å². The SMILES string of the molecule is Cc1cc(C)cc(C2CCCN2C(=O)CCNS(=O)(=O)c2ccc([N+](=O)[O-])cc2)c1. The zero-order chi connectivity index (χ0) is 21.9. The van der Waals surface area contributed by atoms with E-state index in [1.807, 2.05) is 18.7 Å². The van der Waals surface area contributed by atoms with E-state index in [0.717, 1.165) is 41.7 Å². The van der Waals surface area contributed by atoms with Crippen molar-refractivity contribution in [1.82, 2.24) is 9.62 Å². The van der Waals surface area contributed by atoms with E-state index >= 15 is 0 Å². The fourth-order valence-corrected chi connectivity index (χ4v) is 4.91. The first kappa shape index (κ1) is 21.9. The third-order valence-electron chi connectivity index (χ3n) is 5.19. The minimum Gasteiger partial charge on any atom is -0.336 e. The van der Waals surface area contributed by atoms with Gasteiger partial charge < -0.3 is 4.90 Å². The summed E-state index contributed by atoms with van der Waals surface area (Å²) in [5.41, 5.74) is 3.24. The van der Waals surface area contributed by atoms with Gasteiger partial charge in [-0.15, -0.1) is 0 Å². The van der Waals surface area contributed by atoms with Crippen molar-refractivity contribution in [1.29, 1.82) is 0 Å². The first-order valence-electron chi connectivity index (χ1n) is 9.79. The quantitative estimate of drug-likeness (QED) is 0.535. The van der Waals surface area contributed by atoms with Gasteiger partial charge in [-0.25, -0.2) is 13.1 Å². The third-order valence-corrected chi connectivity index (χ3v) is 6.67. The number of sulfonamides is 1. The van der Waals surface area contributed by atoms with Gasteiger partial charge in [0.2, 0.25) is 15.9 Å². The average molecular weight is 432 g/mol. The maximum Gasteiger partial charge on any atom is 0.269 e. The molecule has 3 rings (SSSR count). The van der Waals surface area contributed by atoms with E-state index in [0.29, 0.717) is 6.54 Å². The highest BCUT2D eigenvalue weighted by Gasteiger charge is 2.30. The van der Waals surface area contributed by atoms with Gasteiger partial charge in [0.25, 0.3) is 5.69 Å². The maximum atomic E-state index is 12.8. The zero-order valence-electron chi connectivity index (χ0n) is 17.0. The van der Waals surface area contributed by atoms with Gasteiger partial charge in [-0.2, -0.15) is 0 Å². The number of carbonyl (C=O) groups is 1. The van der Waals surface area contributed by atoms with Crippen LogP contribution in [0.5, 0.6) is 0 Å². The number of carbonyl (C=O) groups excluding carboxylic acids is 1. The number of nitro groups is 1. The Labute approximate surface area is 176 Å². The van der Waals surface area contributed by atoms with Crippen LogP contribution in [0.2, 0.25) is 0 Å². The second-order valence-corrected chi connectivity index (χ2v) is 9.33. The molecule has 0 spiro atoms. The van der Waals surface area contributed by atoms with Gasteiger partial charge in [0.05, 0.1) is 15.9 Å². The van der Waals surface area contributed by atoms with Crippen molar-refractivity contribution in [3.05, 3.63) is 69.3 Å². The highest BCUT2D eigenvalue weighted by molar-refractivity contribution is 7.89. The summed E-state index contributed by atoms with van der Waals surface area (Å²) in [7, 11) is -3.84. The lowest BCUT2D eigenvalue weighted by molar-refractivity contribution is -0.384. The molecule has 0 saturated carbocycles. The molecule has 1 N–H and O–H groups in total. The van der Waals surface area contributed by atoms with Crippen molar-refractivity contribution in [3.63, 3.8) is 0 Å². The predicted octanol–water partition coefficient (Wildman–Crippen LogP) is 3.24. The smallest absolute Gasteiger partial charge is 0.269 e. The van der Waals surface area contributed by atoms with E-state index < -0.39 is 14.9 Å². The lowest BCUT2D eigenvalue weighted by atomic mass is 9.99. The fraction of sp³-hybridized carbons (Fsp3) is 0.381. The molecule has 1 amide bonds. The van der Waals surface area contributed by atoms with Crippen molar-refractivity contribution >= 4 is 21.6 Å². The third kappa shape index (κ3) is 5.03. The van der Waals surface area contributed by atoms with Gasteiger partial charge >= 0.3 is 0 Å². The second kappa shape index (κ2) is 8.93. The lowest BCUT2D eigenvalue weighted by Crippen LogP contribution is -2.34. The standard InChI is InChI=1S/C21H25N3O5S/c1-15-12-16(2)14-17(13-15)20-4-3-11-23(20)21(25)9-10-22-30(28,29)19-7-5-18(6-8-19)24(26)27/h5-8,12-14,20,22H,3-4,9-11H2,1-2H3. The van der Waals surface area contributed by atoms with Crippen LogP contribution in [0.25, 0.3) is 0 Å². The minimum atomic E-state index is -3.84. The van der Waals surface area contributed by atoms with Gasteiger partial charge in [-0.05, 0) is 44.4 Å². The van der Waals surface area contributed by atoms with Gasteiger partial charge in [0, 0.05) is 31.6 Å². The number of likely N-dealkylation sites (tertiary alicyclic amines) is 1. The fourth-order valence-electron chi connectivity index (χ4n) is 3.88. The zero-order valence-corrected chi connectivity index (χ0v) is 17.8. The summed E-state index contributed by atoms with van der Waals surface area (Å²) in [5, 5.41) is 10.7. The van der Waals surface area contributed by atoms with Crippen molar-refractivity contribution in [2.45, 2.75) is 44.0 Å². The molecule has 1 aliphatic heterocycles. The van der Waals surface area contributed by atoms with Gasteiger partial charge in [0.15, 0.2) is 0 Å². The molecule has 9 heteroatoms. The molecule has 0 bridgehead atoms. The molecule has 1 aliphatic rings. The average Bonchev–Trinajstić information content (AvgIpc) is 3.17. The van der Waals surface area contributed by atoms with Crippen molar-refractivity contribution in [2.24, 2.45) is 0 Å². The Bertz CT molecular complexity index is 1030. The molecule has 0 aromatic heterocycles. The lowest BCUT2D eigenvalue weighted by Gasteiger charge is -2.26. The maximum absolute atomic E-state index is 12.8. The van der Waals surface area contributed by atoms with Crippen LogP contribution in [0.4, 0.5) is 5.69 Å². The molecular formula is C21H25N3O5S. The summed E-state index contributed by atoms with van der Waals surface area (Å²) in [6.07, 6.45) is 1.86. The van der Waals surface area contributed by atoms with Crippen LogP contribution < -0.4 is 4.72 Å². The number of aryl methyl sites for hydroxylation is 2. The van der Waals surface area contributed by atoms with Gasteiger partial charge in [-0.1, -0.05) is 29.3 Å². The van der Waals surface area contributed by atoms with Crippen LogP contribution in [-0.4, -0.2) is 37.2 Å². The Morgan fingerprint density at radius 2 is 1.80 bits per heavy atom. The number of amides is 1. The van der Waals surface area contributed by atoms with E-state index in [-0.39, 0.29) is 35.5 Å². The topological polar surface area (TPSA) is 110 Å². The highest BCUT2D eigenvalue weighted by Crippen LogP contribution is 2.33. The summed E-state index contributed by atoms with van der Waals surface area (Å²) in [4.78, 5) is 24.6. The first-order valence-corrected chi connectivity index (χ1v) is 11.3. The molecule has 1 fully saturated rings. The Morgan fingerprint density at radius 3 is 2.40 bits per heavy atom. The second-order valence-electron chi connectivity index (χ2n) is 7.56. The number of rotatable bonds is 7. The molecule has 160 valence electrons. The van der Waals surface area contributed by atoms with Gasteiger partial charge in [-0.3, -0.25) is 14.9 Å². The molecular weight excluding hydrogens is 406 g/mol. The number of nitrogens with one attached hydrogen (secondary N) is 1. The number of nitrogens with zero attached hydrogens (tertiary/aromatic N) is 2. The molecule has 2 aromatic rings. The molecule has 30 heavy (non-hydrogen) atoms. The molecule has 0 radical (unpaired) electrons. The van der Waals surface area contributed by atoms with Gasteiger partial charge in [0.1, 0.15) is 0 Å². The molecule has 1 heterocycles. The van der Waals surface area contributed by atoms with E-state index in [2.05, 4.69) is 22.9 Å². The van der Waals surface area contributed by atoms with Crippen LogP contribution in [0.15, 0.2) is 47.4 Å². The van der Waals surface area contributed by atoms with Crippen LogP contribution in [-0.2, 0) is 14.8 Å². The number of hydrogen-bond donors (Lipinski definition) is 1. The molecule has 2 aromatic carbocycles. The highest BCUT2D eigenvalue weighted by atomic mass is 32.2. The Hall–Kier alpha value is -2.78. The minimum absolute atomic E-state index is 0.0161. The predicted molar refractivity (Wildman–Crippen MR) is 113 cm³/mol. The van der Waals surface area contributed by atoms with Crippen LogP contribution in [0.1, 0.15) is 42.0 Å². The first-order chi connectivity index (χ1) is 14.2.